The molecule has 1 N–H and O–H groups in total. The Labute approximate surface area is 156 Å². The van der Waals surface area contributed by atoms with E-state index in [0.717, 1.165) is 41.6 Å². The molecule has 1 amide bonds. The second-order valence-corrected chi connectivity index (χ2v) is 6.91. The van der Waals surface area contributed by atoms with Gasteiger partial charge in [-0.05, 0) is 31.0 Å². The van der Waals surface area contributed by atoms with Gasteiger partial charge in [-0.15, -0.1) is 0 Å². The van der Waals surface area contributed by atoms with Crippen molar-refractivity contribution in [2.45, 2.75) is 25.5 Å². The molecule has 26 heavy (non-hydrogen) atoms. The van der Waals surface area contributed by atoms with Gasteiger partial charge in [0.15, 0.2) is 0 Å². The third-order valence-electron chi connectivity index (χ3n) is 4.60. The van der Waals surface area contributed by atoms with Crippen molar-refractivity contribution in [2.24, 2.45) is 0 Å². The van der Waals surface area contributed by atoms with Gasteiger partial charge in [0, 0.05) is 29.1 Å². The molecule has 1 aliphatic rings. The van der Waals surface area contributed by atoms with E-state index < -0.39 is 0 Å². The van der Waals surface area contributed by atoms with Gasteiger partial charge in [0.2, 0.25) is 5.91 Å². The number of carbonyl (C=O) groups excluding carboxylic acids is 1. The van der Waals surface area contributed by atoms with Gasteiger partial charge in [-0.2, -0.15) is 5.10 Å². The zero-order chi connectivity index (χ0) is 17.9. The lowest BCUT2D eigenvalue weighted by atomic mass is 10.1. The third kappa shape index (κ3) is 3.59. The number of amides is 1. The Morgan fingerprint density at radius 3 is 2.88 bits per heavy atom. The highest BCUT2D eigenvalue weighted by Gasteiger charge is 2.18. The van der Waals surface area contributed by atoms with Gasteiger partial charge >= 0.3 is 0 Å². The molecule has 1 unspecified atom stereocenters. The van der Waals surface area contributed by atoms with Crippen molar-refractivity contribution in [1.82, 2.24) is 15.1 Å². The quantitative estimate of drug-likeness (QED) is 0.746. The molecular formula is C20H20ClN3O2. The summed E-state index contributed by atoms with van der Waals surface area (Å²) in [7, 11) is 0. The number of nitrogens with zero attached hydrogens (tertiary/aromatic N) is 2. The zero-order valence-corrected chi connectivity index (χ0v) is 15.1. The molecule has 0 aliphatic carbocycles. The molecule has 134 valence electrons. The number of halogens is 1. The van der Waals surface area contributed by atoms with E-state index in [1.54, 1.807) is 4.68 Å². The van der Waals surface area contributed by atoms with Gasteiger partial charge < -0.3 is 10.1 Å². The average Bonchev–Trinajstić information content (AvgIpc) is 3.29. The molecule has 1 aliphatic heterocycles. The lowest BCUT2D eigenvalue weighted by Gasteiger charge is -2.11. The minimum Gasteiger partial charge on any atom is -0.376 e. The fourth-order valence-corrected chi connectivity index (χ4v) is 3.48. The predicted molar refractivity (Wildman–Crippen MR) is 102 cm³/mol. The van der Waals surface area contributed by atoms with Gasteiger partial charge in [0.1, 0.15) is 12.2 Å². The number of fused-ring (bicyclic) bond motifs is 1. The van der Waals surface area contributed by atoms with Crippen molar-refractivity contribution < 1.29 is 9.53 Å². The molecule has 3 aromatic rings. The second kappa shape index (κ2) is 7.48. The molecule has 0 radical (unpaired) electrons. The van der Waals surface area contributed by atoms with Crippen LogP contribution in [0, 0.1) is 0 Å². The number of benzene rings is 2. The minimum atomic E-state index is -0.0699. The van der Waals surface area contributed by atoms with Crippen LogP contribution in [0.15, 0.2) is 48.5 Å². The Bertz CT molecular complexity index is 917. The van der Waals surface area contributed by atoms with Crippen LogP contribution in [0.5, 0.6) is 0 Å². The molecule has 0 spiro atoms. The summed E-state index contributed by atoms with van der Waals surface area (Å²) in [6.45, 7) is 1.50. The first-order valence-corrected chi connectivity index (χ1v) is 9.18. The predicted octanol–water partition coefficient (Wildman–Crippen LogP) is 3.65. The molecule has 5 nitrogen and oxygen atoms in total. The molecule has 1 saturated heterocycles. The summed E-state index contributed by atoms with van der Waals surface area (Å²) in [5, 5.41) is 9.22. The Balaban J connectivity index is 1.59. The van der Waals surface area contributed by atoms with Crippen LogP contribution in [-0.2, 0) is 16.1 Å². The maximum atomic E-state index is 12.4. The Morgan fingerprint density at radius 1 is 1.27 bits per heavy atom. The van der Waals surface area contributed by atoms with E-state index in [2.05, 4.69) is 10.4 Å². The minimum absolute atomic E-state index is 0.0699. The molecular weight excluding hydrogens is 350 g/mol. The van der Waals surface area contributed by atoms with Crippen molar-refractivity contribution in [3.63, 3.8) is 0 Å². The van der Waals surface area contributed by atoms with Crippen LogP contribution in [0.1, 0.15) is 12.8 Å². The Hall–Kier alpha value is -2.37. The third-order valence-corrected chi connectivity index (χ3v) is 4.84. The van der Waals surface area contributed by atoms with Gasteiger partial charge in [-0.25, -0.2) is 0 Å². The fourth-order valence-electron chi connectivity index (χ4n) is 3.31. The highest BCUT2D eigenvalue weighted by Crippen LogP contribution is 2.30. The topological polar surface area (TPSA) is 56.2 Å². The summed E-state index contributed by atoms with van der Waals surface area (Å²) in [6, 6.07) is 15.5. The number of ether oxygens (including phenoxy) is 1. The fraction of sp³-hybridized carbons (Fsp3) is 0.300. The van der Waals surface area contributed by atoms with Gasteiger partial charge in [0.25, 0.3) is 0 Å². The highest BCUT2D eigenvalue weighted by molar-refractivity contribution is 6.31. The molecule has 4 rings (SSSR count). The number of rotatable bonds is 5. The molecule has 1 atom stereocenters. The van der Waals surface area contributed by atoms with Crippen LogP contribution in [0.2, 0.25) is 5.02 Å². The Morgan fingerprint density at radius 2 is 2.12 bits per heavy atom. The number of carbonyl (C=O) groups is 1. The van der Waals surface area contributed by atoms with Crippen molar-refractivity contribution in [1.29, 1.82) is 0 Å². The van der Waals surface area contributed by atoms with Crippen LogP contribution in [0.4, 0.5) is 0 Å². The molecule has 1 fully saturated rings. The standard InChI is InChI=1S/C20H20ClN3O2/c21-15-8-9-18-17(11-15)20(14-5-2-1-3-6-14)23-24(18)13-19(25)22-12-16-7-4-10-26-16/h1-3,5-6,8-9,11,16H,4,7,10,12-13H2,(H,22,25). The summed E-state index contributed by atoms with van der Waals surface area (Å²) in [6.07, 6.45) is 2.19. The van der Waals surface area contributed by atoms with Crippen molar-refractivity contribution in [3.8, 4) is 11.3 Å². The van der Waals surface area contributed by atoms with E-state index in [4.69, 9.17) is 16.3 Å². The molecule has 2 heterocycles. The Kier molecular flexibility index (Phi) is 4.91. The average molecular weight is 370 g/mol. The van der Waals surface area contributed by atoms with Crippen LogP contribution in [0.3, 0.4) is 0 Å². The summed E-state index contributed by atoms with van der Waals surface area (Å²) < 4.78 is 7.28. The van der Waals surface area contributed by atoms with Crippen molar-refractivity contribution in [3.05, 3.63) is 53.6 Å². The summed E-state index contributed by atoms with van der Waals surface area (Å²) >= 11 is 6.19. The van der Waals surface area contributed by atoms with Crippen LogP contribution in [0.25, 0.3) is 22.2 Å². The molecule has 6 heteroatoms. The zero-order valence-electron chi connectivity index (χ0n) is 14.3. The number of aromatic nitrogens is 2. The monoisotopic (exact) mass is 369 g/mol. The molecule has 1 aromatic heterocycles. The van der Waals surface area contributed by atoms with E-state index in [1.165, 1.54) is 0 Å². The maximum Gasteiger partial charge on any atom is 0.241 e. The van der Waals surface area contributed by atoms with E-state index >= 15 is 0 Å². The SMILES string of the molecule is O=C(Cn1nc(-c2ccccc2)c2cc(Cl)ccc21)NCC1CCCO1. The first-order valence-electron chi connectivity index (χ1n) is 8.80. The normalized spacial score (nSPS) is 16.9. The van der Waals surface area contributed by atoms with E-state index in [0.29, 0.717) is 11.6 Å². The smallest absolute Gasteiger partial charge is 0.241 e. The van der Waals surface area contributed by atoms with Crippen molar-refractivity contribution >= 4 is 28.4 Å². The summed E-state index contributed by atoms with van der Waals surface area (Å²) in [5.74, 6) is -0.0699. The van der Waals surface area contributed by atoms with Gasteiger partial charge in [-0.3, -0.25) is 9.48 Å². The molecule has 0 bridgehead atoms. The number of nitrogens with one attached hydrogen (secondary N) is 1. The highest BCUT2D eigenvalue weighted by atomic mass is 35.5. The van der Waals surface area contributed by atoms with Crippen LogP contribution < -0.4 is 5.32 Å². The first-order chi connectivity index (χ1) is 12.7. The van der Waals surface area contributed by atoms with Gasteiger partial charge in [-0.1, -0.05) is 41.9 Å². The lowest BCUT2D eigenvalue weighted by Crippen LogP contribution is -2.34. The first kappa shape index (κ1) is 17.1. The largest absolute Gasteiger partial charge is 0.376 e. The van der Waals surface area contributed by atoms with E-state index in [-0.39, 0.29) is 18.6 Å². The second-order valence-electron chi connectivity index (χ2n) is 6.47. The van der Waals surface area contributed by atoms with Crippen LogP contribution >= 0.6 is 11.6 Å². The summed E-state index contributed by atoms with van der Waals surface area (Å²) in [4.78, 5) is 12.4. The summed E-state index contributed by atoms with van der Waals surface area (Å²) in [5.41, 5.74) is 2.72. The maximum absolute atomic E-state index is 12.4. The molecule has 2 aromatic carbocycles. The van der Waals surface area contributed by atoms with Crippen LogP contribution in [-0.4, -0.2) is 34.9 Å². The number of hydrogen-bond acceptors (Lipinski definition) is 3. The lowest BCUT2D eigenvalue weighted by molar-refractivity contribution is -0.122. The number of hydrogen-bond donors (Lipinski definition) is 1. The van der Waals surface area contributed by atoms with Crippen molar-refractivity contribution in [2.75, 3.05) is 13.2 Å². The van der Waals surface area contributed by atoms with Gasteiger partial charge in [0.05, 0.1) is 11.6 Å². The van der Waals surface area contributed by atoms with E-state index in [1.807, 2.05) is 48.5 Å². The molecule has 0 saturated carbocycles. The van der Waals surface area contributed by atoms with E-state index in [9.17, 15) is 4.79 Å².